The van der Waals surface area contributed by atoms with E-state index >= 15 is 0 Å². The minimum Gasteiger partial charge on any atom is -0.397 e. The van der Waals surface area contributed by atoms with E-state index in [-0.39, 0.29) is 6.54 Å². The summed E-state index contributed by atoms with van der Waals surface area (Å²) in [5.41, 5.74) is 6.48. The Morgan fingerprint density at radius 2 is 2.14 bits per heavy atom. The monoisotopic (exact) mass is 220 g/mol. The lowest BCUT2D eigenvalue weighted by Gasteiger charge is -2.21. The zero-order chi connectivity index (χ0) is 10.7. The number of anilines is 2. The summed E-state index contributed by atoms with van der Waals surface area (Å²) >= 11 is 5.84. The molecule has 0 amide bonds. The average Bonchev–Trinajstić information content (AvgIpc) is 2.01. The molecule has 2 N–H and O–H groups in total. The lowest BCUT2D eigenvalue weighted by molar-refractivity contribution is 0.156. The molecule has 0 fully saturated rings. The van der Waals surface area contributed by atoms with E-state index < -0.39 is 6.43 Å². The van der Waals surface area contributed by atoms with Gasteiger partial charge in [0.25, 0.3) is 6.43 Å². The third-order valence-electron chi connectivity index (χ3n) is 1.81. The summed E-state index contributed by atoms with van der Waals surface area (Å²) in [4.78, 5) is 1.35. The van der Waals surface area contributed by atoms with Gasteiger partial charge in [-0.1, -0.05) is 17.7 Å². The molecule has 0 aliphatic carbocycles. The Labute approximate surface area is 86.3 Å². The standard InChI is InChI=1S/C9H11ClF2N2/c1-14(5-8(11)12)9-6(10)3-2-4-7(9)13/h2-4,8H,5,13H2,1H3. The molecule has 0 radical (unpaired) electrons. The van der Waals surface area contributed by atoms with Crippen LogP contribution in [0.1, 0.15) is 0 Å². The van der Waals surface area contributed by atoms with E-state index in [0.29, 0.717) is 16.4 Å². The van der Waals surface area contributed by atoms with Crippen molar-refractivity contribution in [3.05, 3.63) is 23.2 Å². The fraction of sp³-hybridized carbons (Fsp3) is 0.333. The number of hydrogen-bond acceptors (Lipinski definition) is 2. The van der Waals surface area contributed by atoms with Crippen molar-refractivity contribution < 1.29 is 8.78 Å². The molecule has 0 saturated carbocycles. The summed E-state index contributed by atoms with van der Waals surface area (Å²) in [6.45, 7) is -0.381. The minimum atomic E-state index is -2.41. The first-order chi connectivity index (χ1) is 6.52. The molecule has 1 rings (SSSR count). The Morgan fingerprint density at radius 1 is 1.50 bits per heavy atom. The molecule has 2 nitrogen and oxygen atoms in total. The molecule has 5 heteroatoms. The first-order valence-electron chi connectivity index (χ1n) is 4.05. The highest BCUT2D eigenvalue weighted by atomic mass is 35.5. The van der Waals surface area contributed by atoms with Crippen LogP contribution in [0.3, 0.4) is 0 Å². The largest absolute Gasteiger partial charge is 0.397 e. The normalized spacial score (nSPS) is 10.6. The summed E-state index contributed by atoms with van der Waals surface area (Å²) in [6, 6.07) is 4.93. The maximum atomic E-state index is 12.1. The summed E-state index contributed by atoms with van der Waals surface area (Å²) < 4.78 is 24.2. The highest BCUT2D eigenvalue weighted by molar-refractivity contribution is 6.33. The van der Waals surface area contributed by atoms with E-state index in [1.54, 1.807) is 18.2 Å². The summed E-state index contributed by atoms with van der Waals surface area (Å²) in [5, 5.41) is 0.383. The van der Waals surface area contributed by atoms with Crippen LogP contribution in [0, 0.1) is 0 Å². The molecule has 14 heavy (non-hydrogen) atoms. The smallest absolute Gasteiger partial charge is 0.255 e. The number of benzene rings is 1. The number of alkyl halides is 2. The van der Waals surface area contributed by atoms with Gasteiger partial charge < -0.3 is 10.6 Å². The molecule has 1 aromatic rings. The third-order valence-corrected chi connectivity index (χ3v) is 2.12. The molecule has 0 saturated heterocycles. The van der Waals surface area contributed by atoms with Gasteiger partial charge in [-0.25, -0.2) is 8.78 Å². The van der Waals surface area contributed by atoms with Crippen LogP contribution in [-0.2, 0) is 0 Å². The third kappa shape index (κ3) is 2.48. The fourth-order valence-electron chi connectivity index (χ4n) is 1.23. The lowest BCUT2D eigenvalue weighted by atomic mass is 10.2. The molecule has 1 aromatic carbocycles. The topological polar surface area (TPSA) is 29.3 Å². The highest BCUT2D eigenvalue weighted by Crippen LogP contribution is 2.31. The van der Waals surface area contributed by atoms with Gasteiger partial charge in [-0.15, -0.1) is 0 Å². The summed E-state index contributed by atoms with van der Waals surface area (Å²) in [6.07, 6.45) is -2.41. The van der Waals surface area contributed by atoms with Gasteiger partial charge in [-0.05, 0) is 12.1 Å². The number of nitrogens with two attached hydrogens (primary N) is 1. The van der Waals surface area contributed by atoms with Crippen LogP contribution in [0.5, 0.6) is 0 Å². The Balaban J connectivity index is 2.94. The van der Waals surface area contributed by atoms with E-state index in [0.717, 1.165) is 0 Å². The fourth-order valence-corrected chi connectivity index (χ4v) is 1.56. The Morgan fingerprint density at radius 3 is 2.64 bits per heavy atom. The second-order valence-corrected chi connectivity index (χ2v) is 3.36. The molecular weight excluding hydrogens is 210 g/mol. The second-order valence-electron chi connectivity index (χ2n) is 2.95. The molecule has 78 valence electrons. The van der Waals surface area contributed by atoms with Crippen molar-refractivity contribution in [3.63, 3.8) is 0 Å². The average molecular weight is 221 g/mol. The maximum absolute atomic E-state index is 12.1. The van der Waals surface area contributed by atoms with E-state index in [1.165, 1.54) is 11.9 Å². The first kappa shape index (κ1) is 11.0. The Hall–Kier alpha value is -1.03. The van der Waals surface area contributed by atoms with E-state index in [2.05, 4.69) is 0 Å². The highest BCUT2D eigenvalue weighted by Gasteiger charge is 2.13. The van der Waals surface area contributed by atoms with Crippen molar-refractivity contribution in [1.82, 2.24) is 0 Å². The number of hydrogen-bond donors (Lipinski definition) is 1. The molecule has 0 bridgehead atoms. The molecule has 0 aliphatic heterocycles. The molecule has 0 unspecified atom stereocenters. The molecule has 0 aliphatic rings. The van der Waals surface area contributed by atoms with Crippen molar-refractivity contribution in [3.8, 4) is 0 Å². The lowest BCUT2D eigenvalue weighted by Crippen LogP contribution is -2.25. The SMILES string of the molecule is CN(CC(F)F)c1c(N)cccc1Cl. The van der Waals surface area contributed by atoms with Crippen LogP contribution < -0.4 is 10.6 Å². The van der Waals surface area contributed by atoms with Crippen molar-refractivity contribution in [1.29, 1.82) is 0 Å². The van der Waals surface area contributed by atoms with Crippen LogP contribution in [0.15, 0.2) is 18.2 Å². The zero-order valence-electron chi connectivity index (χ0n) is 7.67. The van der Waals surface area contributed by atoms with Gasteiger partial charge in [0.05, 0.1) is 22.9 Å². The predicted molar refractivity (Wildman–Crippen MR) is 55.1 cm³/mol. The van der Waals surface area contributed by atoms with Crippen molar-refractivity contribution >= 4 is 23.0 Å². The predicted octanol–water partition coefficient (Wildman–Crippen LogP) is 2.62. The van der Waals surface area contributed by atoms with Gasteiger partial charge in [-0.3, -0.25) is 0 Å². The number of rotatable bonds is 3. The van der Waals surface area contributed by atoms with Crippen LogP contribution >= 0.6 is 11.6 Å². The molecule has 0 atom stereocenters. The second kappa shape index (κ2) is 4.46. The van der Waals surface area contributed by atoms with Gasteiger partial charge in [0, 0.05) is 7.05 Å². The van der Waals surface area contributed by atoms with Crippen LogP contribution in [0.25, 0.3) is 0 Å². The van der Waals surface area contributed by atoms with E-state index in [9.17, 15) is 8.78 Å². The number of halogens is 3. The first-order valence-corrected chi connectivity index (χ1v) is 4.43. The van der Waals surface area contributed by atoms with E-state index in [4.69, 9.17) is 17.3 Å². The van der Waals surface area contributed by atoms with Crippen LogP contribution in [-0.4, -0.2) is 20.0 Å². The maximum Gasteiger partial charge on any atom is 0.255 e. The Kier molecular flexibility index (Phi) is 3.52. The van der Waals surface area contributed by atoms with Gasteiger partial charge in [0.2, 0.25) is 0 Å². The van der Waals surface area contributed by atoms with Crippen LogP contribution in [0.2, 0.25) is 5.02 Å². The van der Waals surface area contributed by atoms with Gasteiger partial charge in [0.15, 0.2) is 0 Å². The van der Waals surface area contributed by atoms with Gasteiger partial charge >= 0.3 is 0 Å². The summed E-state index contributed by atoms with van der Waals surface area (Å²) in [5.74, 6) is 0. The van der Waals surface area contributed by atoms with Crippen molar-refractivity contribution in [2.75, 3.05) is 24.2 Å². The Bertz CT molecular complexity index is 297. The number of nitrogens with zero attached hydrogens (tertiary/aromatic N) is 1. The molecule has 0 aromatic heterocycles. The minimum absolute atomic E-state index is 0.381. The number of para-hydroxylation sites is 1. The summed E-state index contributed by atoms with van der Waals surface area (Å²) in [7, 11) is 1.53. The van der Waals surface area contributed by atoms with Crippen LogP contribution in [0.4, 0.5) is 20.2 Å². The number of nitrogen functional groups attached to an aromatic ring is 1. The molecular formula is C9H11ClF2N2. The van der Waals surface area contributed by atoms with Gasteiger partial charge in [0.1, 0.15) is 0 Å². The zero-order valence-corrected chi connectivity index (χ0v) is 8.43. The van der Waals surface area contributed by atoms with Gasteiger partial charge in [-0.2, -0.15) is 0 Å². The van der Waals surface area contributed by atoms with E-state index in [1.807, 2.05) is 0 Å². The molecule has 0 heterocycles. The molecule has 0 spiro atoms. The van der Waals surface area contributed by atoms with Crippen molar-refractivity contribution in [2.45, 2.75) is 6.43 Å². The van der Waals surface area contributed by atoms with Crippen molar-refractivity contribution in [2.24, 2.45) is 0 Å². The quantitative estimate of drug-likeness (QED) is 0.794.